The largest absolute Gasteiger partial charge is 0.129 e. The first-order chi connectivity index (χ1) is 8.61. The quantitative estimate of drug-likeness (QED) is 0.450. The molecule has 0 radical (unpaired) electrons. The van der Waals surface area contributed by atoms with Gasteiger partial charge in [-0.25, -0.2) is 0 Å². The standard InChI is InChI=1S/C10H9Cl9/c11-2-8(6(14)15)3-1-9(18,19)10(8,7(16)17)5(13)4(3)12/h3-7H,1-2H2/t3-,4+,5-,8-,10-/m1/s1. The van der Waals surface area contributed by atoms with E-state index in [4.69, 9.17) is 104 Å². The van der Waals surface area contributed by atoms with Crippen LogP contribution in [0.25, 0.3) is 0 Å². The predicted molar refractivity (Wildman–Crippen MR) is 88.4 cm³/mol. The molecule has 0 heterocycles. The van der Waals surface area contributed by atoms with Gasteiger partial charge in [0.1, 0.15) is 14.0 Å². The molecular weight excluding hydrogens is 439 g/mol. The van der Waals surface area contributed by atoms with Gasteiger partial charge in [0.05, 0.1) is 16.2 Å². The molecule has 0 nitrogen and oxygen atoms in total. The summed E-state index contributed by atoms with van der Waals surface area (Å²) in [6, 6.07) is 0. The molecule has 0 spiro atoms. The summed E-state index contributed by atoms with van der Waals surface area (Å²) in [7, 11) is 0. The zero-order valence-corrected chi connectivity index (χ0v) is 16.0. The van der Waals surface area contributed by atoms with Crippen LogP contribution in [-0.4, -0.2) is 30.6 Å². The van der Waals surface area contributed by atoms with Gasteiger partial charge in [0.15, 0.2) is 0 Å². The lowest BCUT2D eigenvalue weighted by Gasteiger charge is -2.50. The molecule has 0 aromatic heterocycles. The zero-order chi connectivity index (χ0) is 14.8. The molecule has 0 aromatic carbocycles. The minimum atomic E-state index is -1.29. The monoisotopic (exact) mass is 444 g/mol. The van der Waals surface area contributed by atoms with Gasteiger partial charge < -0.3 is 0 Å². The molecule has 0 aliphatic heterocycles. The van der Waals surface area contributed by atoms with E-state index in [0.717, 1.165) is 0 Å². The second-order valence-electron chi connectivity index (χ2n) is 5.01. The molecule has 19 heavy (non-hydrogen) atoms. The van der Waals surface area contributed by atoms with E-state index < -0.39 is 35.6 Å². The minimum Gasteiger partial charge on any atom is -0.126 e. The highest BCUT2D eigenvalue weighted by Crippen LogP contribution is 2.79. The van der Waals surface area contributed by atoms with Crippen LogP contribution in [-0.2, 0) is 0 Å². The van der Waals surface area contributed by atoms with Crippen molar-refractivity contribution in [2.45, 2.75) is 31.2 Å². The summed E-state index contributed by atoms with van der Waals surface area (Å²) in [5.41, 5.74) is -2.12. The molecule has 2 aliphatic rings. The molecule has 5 atom stereocenters. The third kappa shape index (κ3) is 1.94. The van der Waals surface area contributed by atoms with E-state index >= 15 is 0 Å². The van der Waals surface area contributed by atoms with E-state index in [1.54, 1.807) is 0 Å². The highest BCUT2D eigenvalue weighted by Gasteiger charge is 2.84. The molecule has 2 aliphatic carbocycles. The van der Waals surface area contributed by atoms with Gasteiger partial charge in [-0.05, 0) is 12.3 Å². The predicted octanol–water partition coefficient (Wildman–Crippen LogP) is 6.23. The first-order valence-corrected chi connectivity index (χ1v) is 9.30. The van der Waals surface area contributed by atoms with Crippen molar-refractivity contribution >= 4 is 104 Å². The van der Waals surface area contributed by atoms with Gasteiger partial charge in [-0.1, -0.05) is 0 Å². The summed E-state index contributed by atoms with van der Waals surface area (Å²) < 4.78 is -1.29. The smallest absolute Gasteiger partial charge is 0.126 e. The Kier molecular flexibility index (Phi) is 5.30. The molecule has 112 valence electrons. The maximum absolute atomic E-state index is 6.46. The Bertz CT molecular complexity index is 370. The molecule has 9 heteroatoms. The Balaban J connectivity index is 2.74. The fraction of sp³-hybridized carbons (Fsp3) is 1.00. The van der Waals surface area contributed by atoms with Crippen LogP contribution in [0.1, 0.15) is 6.42 Å². The maximum atomic E-state index is 6.46. The normalized spacial score (nSPS) is 48.5. The number of halogens is 9. The van der Waals surface area contributed by atoms with Crippen molar-refractivity contribution in [2.75, 3.05) is 5.88 Å². The average molecular weight is 448 g/mol. The van der Waals surface area contributed by atoms with E-state index in [0.29, 0.717) is 6.42 Å². The summed E-state index contributed by atoms with van der Waals surface area (Å²) in [4.78, 5) is -1.89. The molecule has 2 rings (SSSR count). The summed E-state index contributed by atoms with van der Waals surface area (Å²) in [5, 5.41) is -1.13. The molecule has 0 unspecified atom stereocenters. The van der Waals surface area contributed by atoms with Crippen LogP contribution < -0.4 is 0 Å². The average Bonchev–Trinajstić information content (AvgIpc) is 2.62. The van der Waals surface area contributed by atoms with Crippen molar-refractivity contribution in [1.29, 1.82) is 0 Å². The van der Waals surface area contributed by atoms with Crippen LogP contribution in [0, 0.1) is 16.7 Å². The molecule has 2 fully saturated rings. The van der Waals surface area contributed by atoms with Crippen molar-refractivity contribution in [3.8, 4) is 0 Å². The van der Waals surface area contributed by atoms with Gasteiger partial charge in [-0.2, -0.15) is 0 Å². The van der Waals surface area contributed by atoms with E-state index in [-0.39, 0.29) is 11.8 Å². The van der Waals surface area contributed by atoms with E-state index in [2.05, 4.69) is 0 Å². The lowest BCUT2D eigenvalue weighted by atomic mass is 9.69. The van der Waals surface area contributed by atoms with Crippen LogP contribution in [0.2, 0.25) is 0 Å². The second kappa shape index (κ2) is 5.60. The van der Waals surface area contributed by atoms with Gasteiger partial charge in [0.2, 0.25) is 0 Å². The summed E-state index contributed by atoms with van der Waals surface area (Å²) in [6.45, 7) is 0. The SMILES string of the molecule is ClC[C@]1(C(Cl)Cl)[C@@H]2CC(Cl)(Cl)[C@@]1(C(Cl)Cl)[C@H](Cl)[C@H]2Cl. The lowest BCUT2D eigenvalue weighted by Crippen LogP contribution is -2.58. The Hall–Kier alpha value is 2.61. The fourth-order valence-electron chi connectivity index (χ4n) is 3.68. The van der Waals surface area contributed by atoms with Crippen molar-refractivity contribution < 1.29 is 0 Å². The van der Waals surface area contributed by atoms with Crippen molar-refractivity contribution in [3.63, 3.8) is 0 Å². The van der Waals surface area contributed by atoms with Crippen molar-refractivity contribution in [3.05, 3.63) is 0 Å². The Morgan fingerprint density at radius 2 is 1.53 bits per heavy atom. The Labute approximate surface area is 157 Å². The van der Waals surface area contributed by atoms with Gasteiger partial charge in [0, 0.05) is 11.3 Å². The van der Waals surface area contributed by atoms with Gasteiger partial charge in [-0.3, -0.25) is 0 Å². The summed E-state index contributed by atoms with van der Waals surface area (Å²) >= 11 is 56.7. The van der Waals surface area contributed by atoms with Crippen molar-refractivity contribution in [1.82, 2.24) is 0 Å². The highest BCUT2D eigenvalue weighted by atomic mass is 35.5. The number of rotatable bonds is 3. The van der Waals surface area contributed by atoms with E-state index in [1.165, 1.54) is 0 Å². The Morgan fingerprint density at radius 1 is 1.00 bits per heavy atom. The molecular formula is C10H9Cl9. The number of fused-ring (bicyclic) bond motifs is 2. The third-order valence-corrected chi connectivity index (χ3v) is 8.71. The van der Waals surface area contributed by atoms with Gasteiger partial charge in [-0.15, -0.1) is 104 Å². The van der Waals surface area contributed by atoms with Crippen LogP contribution in [0.4, 0.5) is 0 Å². The molecule has 2 saturated carbocycles. The van der Waals surface area contributed by atoms with E-state index in [9.17, 15) is 0 Å². The molecule has 0 aromatic rings. The van der Waals surface area contributed by atoms with Crippen molar-refractivity contribution in [2.24, 2.45) is 16.7 Å². The van der Waals surface area contributed by atoms with Crippen LogP contribution >= 0.6 is 104 Å². The lowest BCUT2D eigenvalue weighted by molar-refractivity contribution is 0.137. The number of hydrogen-bond donors (Lipinski definition) is 0. The molecule has 2 bridgehead atoms. The van der Waals surface area contributed by atoms with E-state index in [1.807, 2.05) is 0 Å². The number of hydrogen-bond acceptors (Lipinski definition) is 0. The summed E-state index contributed by atoms with van der Waals surface area (Å²) in [6.07, 6.45) is 0.339. The first-order valence-electron chi connectivity index (χ1n) is 5.39. The zero-order valence-electron chi connectivity index (χ0n) is 9.20. The fourth-order valence-corrected chi connectivity index (χ4v) is 9.10. The molecule has 0 N–H and O–H groups in total. The van der Waals surface area contributed by atoms with Crippen LogP contribution in [0.3, 0.4) is 0 Å². The Morgan fingerprint density at radius 3 is 1.84 bits per heavy atom. The summed E-state index contributed by atoms with van der Waals surface area (Å²) in [5.74, 6) is -0.192. The molecule has 0 saturated heterocycles. The minimum absolute atomic E-state index is 0.0684. The van der Waals surface area contributed by atoms with Gasteiger partial charge in [0.25, 0.3) is 0 Å². The third-order valence-electron chi connectivity index (χ3n) is 4.57. The second-order valence-corrected chi connectivity index (χ2v) is 9.92. The first kappa shape index (κ1) is 18.0. The maximum Gasteiger partial charge on any atom is 0.129 e. The van der Waals surface area contributed by atoms with Gasteiger partial charge >= 0.3 is 0 Å². The number of alkyl halides is 9. The van der Waals surface area contributed by atoms with Crippen LogP contribution in [0.5, 0.6) is 0 Å². The topological polar surface area (TPSA) is 0 Å². The highest BCUT2D eigenvalue weighted by molar-refractivity contribution is 6.54. The molecule has 0 amide bonds. The van der Waals surface area contributed by atoms with Crippen LogP contribution in [0.15, 0.2) is 0 Å².